The maximum atomic E-state index is 12.5. The van der Waals surface area contributed by atoms with Gasteiger partial charge in [-0.15, -0.1) is 0 Å². The molecule has 162 valence electrons. The van der Waals surface area contributed by atoms with Crippen LogP contribution in [0.4, 0.5) is 5.69 Å². The topological polar surface area (TPSA) is 20.3 Å². The molecule has 0 amide bonds. The molecule has 0 aromatic heterocycles. The largest absolute Gasteiger partial charge is 0.378 e. The summed E-state index contributed by atoms with van der Waals surface area (Å²) in [5, 5.41) is 2.34. The Hall–Kier alpha value is -1.83. The number of anilines is 1. The van der Waals surface area contributed by atoms with Crippen LogP contribution in [0.3, 0.4) is 0 Å². The van der Waals surface area contributed by atoms with Gasteiger partial charge in [-0.25, -0.2) is 0 Å². The summed E-state index contributed by atoms with van der Waals surface area (Å²) in [6.45, 7) is 6.51. The number of carbonyl (C=O) groups is 1. The molecule has 0 aliphatic rings. The van der Waals surface area contributed by atoms with Crippen LogP contribution >= 0.6 is 0 Å². The quantitative estimate of drug-likeness (QED) is 0.264. The van der Waals surface area contributed by atoms with Crippen molar-refractivity contribution in [2.45, 2.75) is 91.4 Å². The molecule has 0 N–H and O–H groups in total. The Bertz CT molecular complexity index is 705. The first-order valence-corrected chi connectivity index (χ1v) is 11.8. The number of ketones is 1. The Morgan fingerprint density at radius 3 is 1.83 bits per heavy atom. The van der Waals surface area contributed by atoms with E-state index in [2.05, 4.69) is 49.9 Å². The summed E-state index contributed by atoms with van der Waals surface area (Å²) in [6.07, 6.45) is 13.5. The van der Waals surface area contributed by atoms with Crippen molar-refractivity contribution < 1.29 is 4.79 Å². The van der Waals surface area contributed by atoms with E-state index < -0.39 is 0 Å². The number of hydrogen-bond donors (Lipinski definition) is 0. The fraction of sp³-hybridized carbons (Fsp3) is 0.593. The highest BCUT2D eigenvalue weighted by molar-refractivity contribution is 6.00. The minimum absolute atomic E-state index is 0.284. The fourth-order valence-corrected chi connectivity index (χ4v) is 3.43. The second kappa shape index (κ2) is 15.1. The molecule has 2 heteroatoms. The normalized spacial score (nSPS) is 10.5. The highest BCUT2D eigenvalue weighted by atomic mass is 16.1. The lowest BCUT2D eigenvalue weighted by atomic mass is 10.00. The summed E-state index contributed by atoms with van der Waals surface area (Å²) in [4.78, 5) is 14.6. The average Bonchev–Trinajstić information content (AvgIpc) is 2.72. The number of unbranched alkanes of at least 4 members (excludes halogenated alkanes) is 8. The van der Waals surface area contributed by atoms with Crippen molar-refractivity contribution in [3.05, 3.63) is 42.0 Å². The van der Waals surface area contributed by atoms with Gasteiger partial charge in [0.15, 0.2) is 5.78 Å². The summed E-state index contributed by atoms with van der Waals surface area (Å²) in [7, 11) is 4.09. The van der Waals surface area contributed by atoms with Crippen molar-refractivity contribution in [2.75, 3.05) is 19.0 Å². The first-order valence-electron chi connectivity index (χ1n) is 11.8. The number of rotatable bonds is 12. The summed E-state index contributed by atoms with van der Waals surface area (Å²) in [5.41, 5.74) is 2.04. The smallest absolute Gasteiger partial charge is 0.162 e. The van der Waals surface area contributed by atoms with Crippen LogP contribution < -0.4 is 4.90 Å². The number of carbonyl (C=O) groups excluding carboxylic acids is 1. The molecule has 0 saturated heterocycles. The lowest BCUT2D eigenvalue weighted by Gasteiger charge is -2.13. The summed E-state index contributed by atoms with van der Waals surface area (Å²) in [5.74, 6) is 0.284. The molecule has 0 heterocycles. The third kappa shape index (κ3) is 9.96. The predicted molar refractivity (Wildman–Crippen MR) is 130 cm³/mol. The van der Waals surface area contributed by atoms with Crippen LogP contribution in [0.2, 0.25) is 0 Å². The summed E-state index contributed by atoms with van der Waals surface area (Å²) in [6, 6.07) is 12.5. The van der Waals surface area contributed by atoms with E-state index in [1.807, 2.05) is 26.2 Å². The van der Waals surface area contributed by atoms with Gasteiger partial charge in [-0.2, -0.15) is 0 Å². The van der Waals surface area contributed by atoms with Crippen molar-refractivity contribution in [3.63, 3.8) is 0 Å². The van der Waals surface area contributed by atoms with Gasteiger partial charge in [0, 0.05) is 31.8 Å². The van der Waals surface area contributed by atoms with Crippen LogP contribution in [0.15, 0.2) is 36.4 Å². The second-order valence-electron chi connectivity index (χ2n) is 8.35. The van der Waals surface area contributed by atoms with Crippen LogP contribution in [-0.2, 0) is 0 Å². The maximum absolute atomic E-state index is 12.5. The van der Waals surface area contributed by atoms with Gasteiger partial charge in [-0.1, -0.05) is 96.8 Å². The van der Waals surface area contributed by atoms with E-state index in [1.165, 1.54) is 68.9 Å². The average molecular weight is 398 g/mol. The molecule has 0 aliphatic heterocycles. The van der Waals surface area contributed by atoms with E-state index in [0.29, 0.717) is 6.42 Å². The number of benzene rings is 2. The standard InChI is InChI=1S/C24H35NO.C3H8/c1-4-5-6-7-8-9-10-11-12-13-24(26)22-15-14-21-19-23(25(2)3)17-16-20(21)18-22;1-3-2/h14-19H,4-13H2,1-3H3;3H2,1-2H3. The molecular formula is C27H43NO. The lowest BCUT2D eigenvalue weighted by Crippen LogP contribution is -2.08. The van der Waals surface area contributed by atoms with Gasteiger partial charge in [-0.05, 0) is 35.4 Å². The highest BCUT2D eigenvalue weighted by Crippen LogP contribution is 2.23. The van der Waals surface area contributed by atoms with E-state index in [1.54, 1.807) is 0 Å². The highest BCUT2D eigenvalue weighted by Gasteiger charge is 2.07. The van der Waals surface area contributed by atoms with Crippen LogP contribution in [0.25, 0.3) is 10.8 Å². The van der Waals surface area contributed by atoms with Crippen LogP contribution in [0.1, 0.15) is 102 Å². The molecule has 0 unspecified atom stereocenters. The molecule has 2 aromatic rings. The molecule has 0 aliphatic carbocycles. The maximum Gasteiger partial charge on any atom is 0.162 e. The van der Waals surface area contributed by atoms with Crippen LogP contribution in [0, 0.1) is 0 Å². The zero-order valence-corrected chi connectivity index (χ0v) is 19.6. The lowest BCUT2D eigenvalue weighted by molar-refractivity contribution is 0.0979. The molecule has 0 saturated carbocycles. The Labute approximate surface area is 179 Å². The Morgan fingerprint density at radius 1 is 0.724 bits per heavy atom. The van der Waals surface area contributed by atoms with E-state index in [9.17, 15) is 4.79 Å². The predicted octanol–water partition coefficient (Wildman–Crippen LogP) is 8.43. The SMILES string of the molecule is CCC.CCCCCCCCCCCC(=O)c1ccc2cc(N(C)C)ccc2c1. The second-order valence-corrected chi connectivity index (χ2v) is 8.35. The number of nitrogens with zero attached hydrogens (tertiary/aromatic N) is 1. The molecule has 2 nitrogen and oxygen atoms in total. The monoisotopic (exact) mass is 397 g/mol. The van der Waals surface area contributed by atoms with E-state index in [0.717, 1.165) is 17.4 Å². The van der Waals surface area contributed by atoms with Gasteiger partial charge in [0.1, 0.15) is 0 Å². The van der Waals surface area contributed by atoms with E-state index in [4.69, 9.17) is 0 Å². The Balaban J connectivity index is 0.00000132. The Morgan fingerprint density at radius 2 is 1.24 bits per heavy atom. The number of Topliss-reactive ketones (excluding diaryl/α,β-unsaturated/α-hetero) is 1. The van der Waals surface area contributed by atoms with Gasteiger partial charge >= 0.3 is 0 Å². The molecule has 2 rings (SSSR count). The summed E-state index contributed by atoms with van der Waals surface area (Å²) >= 11 is 0. The van der Waals surface area contributed by atoms with Crippen molar-refractivity contribution >= 4 is 22.2 Å². The van der Waals surface area contributed by atoms with Crippen molar-refractivity contribution in [1.29, 1.82) is 0 Å². The molecular weight excluding hydrogens is 354 g/mol. The third-order valence-corrected chi connectivity index (χ3v) is 5.17. The molecule has 2 aromatic carbocycles. The summed E-state index contributed by atoms with van der Waals surface area (Å²) < 4.78 is 0. The number of hydrogen-bond acceptors (Lipinski definition) is 2. The number of fused-ring (bicyclic) bond motifs is 1. The molecule has 0 spiro atoms. The van der Waals surface area contributed by atoms with Gasteiger partial charge in [0.2, 0.25) is 0 Å². The zero-order valence-electron chi connectivity index (χ0n) is 19.6. The molecule has 29 heavy (non-hydrogen) atoms. The van der Waals surface area contributed by atoms with Crippen molar-refractivity contribution in [1.82, 2.24) is 0 Å². The van der Waals surface area contributed by atoms with Crippen molar-refractivity contribution in [2.24, 2.45) is 0 Å². The van der Waals surface area contributed by atoms with E-state index in [-0.39, 0.29) is 5.78 Å². The van der Waals surface area contributed by atoms with Crippen LogP contribution in [-0.4, -0.2) is 19.9 Å². The first-order chi connectivity index (χ1) is 14.0. The molecule has 0 atom stereocenters. The van der Waals surface area contributed by atoms with Crippen molar-refractivity contribution in [3.8, 4) is 0 Å². The molecule has 0 fully saturated rings. The van der Waals surface area contributed by atoms with Gasteiger partial charge in [0.05, 0.1) is 0 Å². The third-order valence-electron chi connectivity index (χ3n) is 5.17. The van der Waals surface area contributed by atoms with Gasteiger partial charge in [0.25, 0.3) is 0 Å². The minimum Gasteiger partial charge on any atom is -0.378 e. The Kier molecular flexibility index (Phi) is 13.1. The fourth-order valence-electron chi connectivity index (χ4n) is 3.43. The van der Waals surface area contributed by atoms with Gasteiger partial charge in [-0.3, -0.25) is 4.79 Å². The van der Waals surface area contributed by atoms with Crippen LogP contribution in [0.5, 0.6) is 0 Å². The van der Waals surface area contributed by atoms with E-state index >= 15 is 0 Å². The molecule has 0 bridgehead atoms. The van der Waals surface area contributed by atoms with Gasteiger partial charge < -0.3 is 4.90 Å². The zero-order chi connectivity index (χ0) is 21.5. The first kappa shape index (κ1) is 25.2. The minimum atomic E-state index is 0.284. The molecule has 0 radical (unpaired) electrons.